The summed E-state index contributed by atoms with van der Waals surface area (Å²) in [4.78, 5) is 32.2. The molecule has 0 fully saturated rings. The lowest BCUT2D eigenvalue weighted by Gasteiger charge is -2.11. The summed E-state index contributed by atoms with van der Waals surface area (Å²) in [5.74, 6) is 2.72. The lowest BCUT2D eigenvalue weighted by molar-refractivity contribution is -0.249. The van der Waals surface area contributed by atoms with Crippen LogP contribution in [0.25, 0.3) is 10.8 Å². The van der Waals surface area contributed by atoms with Crippen LogP contribution in [0.3, 0.4) is 0 Å². The van der Waals surface area contributed by atoms with Crippen LogP contribution in [0.2, 0.25) is 0 Å². The van der Waals surface area contributed by atoms with Crippen LogP contribution in [0.15, 0.2) is 116 Å². The van der Waals surface area contributed by atoms with Gasteiger partial charge in [0.2, 0.25) is 6.79 Å². The normalized spacial score (nSPS) is 10.7. The summed E-state index contributed by atoms with van der Waals surface area (Å²) in [6.07, 6.45) is 7.72. The third-order valence-corrected chi connectivity index (χ3v) is 6.60. The molecule has 4 aromatic rings. The number of hydrogen-bond acceptors (Lipinski definition) is 10. The molecule has 4 rings (SSSR count). The van der Waals surface area contributed by atoms with Crippen LogP contribution < -0.4 is 23.7 Å². The molecular weight excluding hydrogens is 616 g/mol. The summed E-state index contributed by atoms with van der Waals surface area (Å²) < 4.78 is 28.6. The van der Waals surface area contributed by atoms with E-state index in [4.69, 9.17) is 43.2 Å². The summed E-state index contributed by atoms with van der Waals surface area (Å²) in [7, 11) is 0. The molecule has 0 amide bonds. The van der Waals surface area contributed by atoms with Crippen molar-refractivity contribution in [2.75, 3.05) is 33.2 Å². The van der Waals surface area contributed by atoms with E-state index in [2.05, 4.69) is 12.3 Å². The van der Waals surface area contributed by atoms with Crippen molar-refractivity contribution in [3.8, 4) is 28.7 Å². The highest BCUT2D eigenvalue weighted by Crippen LogP contribution is 2.26. The van der Waals surface area contributed by atoms with Gasteiger partial charge in [0.05, 0.1) is 32.0 Å². The number of allylic oxidation sites excluding steroid dienone is 1. The molecule has 0 saturated heterocycles. The third kappa shape index (κ3) is 12.8. The molecule has 0 heterocycles. The van der Waals surface area contributed by atoms with Crippen molar-refractivity contribution in [2.45, 2.75) is 32.6 Å². The fourth-order valence-electron chi connectivity index (χ4n) is 4.17. The molecule has 252 valence electrons. The van der Waals surface area contributed by atoms with Gasteiger partial charge in [0.15, 0.2) is 6.26 Å². The fourth-order valence-corrected chi connectivity index (χ4v) is 4.17. The van der Waals surface area contributed by atoms with Crippen molar-refractivity contribution in [1.29, 1.82) is 0 Å². The zero-order valence-electron chi connectivity index (χ0n) is 27.0. The van der Waals surface area contributed by atoms with E-state index in [9.17, 15) is 4.79 Å². The van der Waals surface area contributed by atoms with Gasteiger partial charge >= 0.3 is 5.97 Å². The second-order valence-corrected chi connectivity index (χ2v) is 10.2. The lowest BCUT2D eigenvalue weighted by Crippen LogP contribution is -2.08. The van der Waals surface area contributed by atoms with Gasteiger partial charge < -0.3 is 33.5 Å². The highest BCUT2D eigenvalue weighted by molar-refractivity contribution is 5.92. The van der Waals surface area contributed by atoms with Crippen molar-refractivity contribution in [2.24, 2.45) is 0 Å². The average Bonchev–Trinajstić information content (AvgIpc) is 3.11. The summed E-state index contributed by atoms with van der Waals surface area (Å²) in [5, 5.41) is 1.83. The van der Waals surface area contributed by atoms with E-state index in [1.165, 1.54) is 12.5 Å². The van der Waals surface area contributed by atoms with Gasteiger partial charge in [0.1, 0.15) is 35.0 Å². The number of ether oxygens (including phenoxy) is 5. The zero-order chi connectivity index (χ0) is 33.7. The molecule has 4 aromatic carbocycles. The molecule has 0 atom stereocenters. The Morgan fingerprint density at radius 1 is 0.625 bits per heavy atom. The number of esters is 1. The van der Waals surface area contributed by atoms with E-state index in [1.807, 2.05) is 61.5 Å². The minimum absolute atomic E-state index is 0.0376. The van der Waals surface area contributed by atoms with E-state index in [0.29, 0.717) is 55.0 Å². The molecule has 0 aromatic heterocycles. The van der Waals surface area contributed by atoms with Crippen LogP contribution >= 0.6 is 0 Å². The molecular formula is C38H40O10. The van der Waals surface area contributed by atoms with Gasteiger partial charge in [-0.25, -0.2) is 4.79 Å². The highest BCUT2D eigenvalue weighted by atomic mass is 17.2. The van der Waals surface area contributed by atoms with Gasteiger partial charge in [-0.2, -0.15) is 9.78 Å². The molecule has 0 aliphatic rings. The molecule has 10 heteroatoms. The van der Waals surface area contributed by atoms with E-state index in [-0.39, 0.29) is 6.79 Å². The predicted octanol–water partition coefficient (Wildman–Crippen LogP) is 8.52. The van der Waals surface area contributed by atoms with Gasteiger partial charge in [-0.15, -0.1) is 0 Å². The molecule has 0 saturated carbocycles. The number of rotatable bonds is 22. The molecule has 48 heavy (non-hydrogen) atoms. The smallest absolute Gasteiger partial charge is 0.343 e. The van der Waals surface area contributed by atoms with Crippen LogP contribution in [0, 0.1) is 0 Å². The van der Waals surface area contributed by atoms with Crippen molar-refractivity contribution >= 4 is 16.7 Å². The van der Waals surface area contributed by atoms with Gasteiger partial charge in [-0.05, 0) is 122 Å². The molecule has 0 N–H and O–H groups in total. The first-order valence-electron chi connectivity index (χ1n) is 15.6. The number of fused-ring (bicyclic) bond motifs is 1. The standard InChI is InChI=1S/C38H40O10/c1-3-21-44-46-25-7-5-23-40-33-13-9-30(10-14-33)38(39)48-37-16-12-31-27-36(15-11-32(31)28-37)43-29-42-35-19-17-34(18-20-35)41-24-6-8-26-47-45-22-4-2/h3,9-22,27-28H,2,5-8,23-26,29H2,1H3/b21-3-. The molecule has 0 bridgehead atoms. The maximum absolute atomic E-state index is 12.7. The lowest BCUT2D eigenvalue weighted by atomic mass is 10.1. The number of carbonyl (C=O) groups is 1. The first-order valence-corrected chi connectivity index (χ1v) is 15.6. The Bertz CT molecular complexity index is 1610. The monoisotopic (exact) mass is 656 g/mol. The van der Waals surface area contributed by atoms with E-state index in [0.717, 1.165) is 42.2 Å². The quantitative estimate of drug-likeness (QED) is 0.0120. The Morgan fingerprint density at radius 2 is 1.12 bits per heavy atom. The van der Waals surface area contributed by atoms with Crippen LogP contribution in [0.5, 0.6) is 28.7 Å². The molecule has 0 unspecified atom stereocenters. The Labute approximate surface area is 280 Å². The van der Waals surface area contributed by atoms with Crippen molar-refractivity contribution in [3.05, 3.63) is 121 Å². The number of unbranched alkanes of at least 4 members (excludes halogenated alkanes) is 2. The molecule has 0 aliphatic carbocycles. The highest BCUT2D eigenvalue weighted by Gasteiger charge is 2.10. The van der Waals surface area contributed by atoms with Gasteiger partial charge in [0.25, 0.3) is 0 Å². The van der Waals surface area contributed by atoms with E-state index < -0.39 is 5.97 Å². The Morgan fingerprint density at radius 3 is 1.75 bits per heavy atom. The summed E-state index contributed by atoms with van der Waals surface area (Å²) >= 11 is 0. The van der Waals surface area contributed by atoms with E-state index in [1.54, 1.807) is 36.4 Å². The maximum Gasteiger partial charge on any atom is 0.343 e. The topological polar surface area (TPSA) is 100 Å². The molecule has 0 aliphatic heterocycles. The fraction of sp³-hybridized carbons (Fsp3) is 0.263. The molecule has 0 radical (unpaired) electrons. The minimum Gasteiger partial charge on any atom is -0.494 e. The van der Waals surface area contributed by atoms with Gasteiger partial charge in [0, 0.05) is 0 Å². The summed E-state index contributed by atoms with van der Waals surface area (Å²) in [6.45, 7) is 7.30. The van der Waals surface area contributed by atoms with Crippen LogP contribution in [-0.2, 0) is 19.6 Å². The largest absolute Gasteiger partial charge is 0.494 e. The first kappa shape index (κ1) is 35.4. The molecule has 10 nitrogen and oxygen atoms in total. The second kappa shape index (κ2) is 20.7. The zero-order valence-corrected chi connectivity index (χ0v) is 27.0. The first-order chi connectivity index (χ1) is 23.6. The SMILES string of the molecule is C=C=COOCCCCOc1ccc(OCOc2ccc3cc(OC(=O)c4ccc(OCCCCOO/C=C\C)cc4)ccc3c2)cc1. The van der Waals surface area contributed by atoms with Crippen LogP contribution in [-0.4, -0.2) is 39.2 Å². The number of hydrogen-bond donors (Lipinski definition) is 0. The van der Waals surface area contributed by atoms with Crippen LogP contribution in [0.1, 0.15) is 43.0 Å². The summed E-state index contributed by atoms with van der Waals surface area (Å²) in [6, 6.07) is 25.3. The van der Waals surface area contributed by atoms with Crippen molar-refractivity contribution in [1.82, 2.24) is 0 Å². The van der Waals surface area contributed by atoms with E-state index >= 15 is 0 Å². The Kier molecular flexibility index (Phi) is 15.3. The Balaban J connectivity index is 1.15. The third-order valence-electron chi connectivity index (χ3n) is 6.60. The van der Waals surface area contributed by atoms with Crippen molar-refractivity contribution < 1.29 is 48.0 Å². The number of benzene rings is 4. The number of carbonyl (C=O) groups excluding carboxylic acids is 1. The van der Waals surface area contributed by atoms with Gasteiger partial charge in [-0.1, -0.05) is 24.4 Å². The predicted molar refractivity (Wildman–Crippen MR) is 180 cm³/mol. The average molecular weight is 657 g/mol. The minimum atomic E-state index is -0.454. The van der Waals surface area contributed by atoms with Gasteiger partial charge in [-0.3, -0.25) is 0 Å². The maximum atomic E-state index is 12.7. The summed E-state index contributed by atoms with van der Waals surface area (Å²) in [5.41, 5.74) is 2.88. The second-order valence-electron chi connectivity index (χ2n) is 10.2. The van der Waals surface area contributed by atoms with Crippen molar-refractivity contribution in [3.63, 3.8) is 0 Å². The molecule has 0 spiro atoms. The Hall–Kier alpha value is -5.41. The van der Waals surface area contributed by atoms with Crippen LogP contribution in [0.4, 0.5) is 0 Å².